The van der Waals surface area contributed by atoms with E-state index in [-0.39, 0.29) is 5.97 Å². The second-order valence-electron chi connectivity index (χ2n) is 3.02. The molecular formula is C12H24O2. The number of unbranched alkanes of at least 4 members (excludes halogenated alkanes) is 4. The maximum absolute atomic E-state index is 10.1. The van der Waals surface area contributed by atoms with Gasteiger partial charge in [-0.25, -0.2) is 4.79 Å². The number of carbonyl (C=O) groups is 1. The highest BCUT2D eigenvalue weighted by Gasteiger charge is 1.86. The van der Waals surface area contributed by atoms with Crippen LogP contribution in [0, 0.1) is 0 Å². The van der Waals surface area contributed by atoms with Crippen LogP contribution in [0.3, 0.4) is 0 Å². The van der Waals surface area contributed by atoms with Crippen LogP contribution < -0.4 is 0 Å². The Morgan fingerprint density at radius 3 is 1.86 bits per heavy atom. The molecular weight excluding hydrogens is 176 g/mol. The van der Waals surface area contributed by atoms with Gasteiger partial charge in [-0.15, -0.1) is 0 Å². The zero-order valence-corrected chi connectivity index (χ0v) is 9.84. The van der Waals surface area contributed by atoms with E-state index in [2.05, 4.69) is 25.2 Å². The lowest BCUT2D eigenvalue weighted by Crippen LogP contribution is -1.97. The van der Waals surface area contributed by atoms with Crippen molar-refractivity contribution in [2.24, 2.45) is 0 Å². The molecule has 14 heavy (non-hydrogen) atoms. The summed E-state index contributed by atoms with van der Waals surface area (Å²) in [7, 11) is 0. The van der Waals surface area contributed by atoms with Crippen LogP contribution in [-0.2, 0) is 9.53 Å². The molecule has 0 bridgehead atoms. The van der Waals surface area contributed by atoms with Crippen LogP contribution in [0.1, 0.15) is 52.9 Å². The molecule has 84 valence electrons. The first-order valence-electron chi connectivity index (χ1n) is 5.52. The van der Waals surface area contributed by atoms with Gasteiger partial charge in [0.2, 0.25) is 0 Å². The maximum Gasteiger partial charge on any atom is 0.330 e. The average molecular weight is 200 g/mol. The van der Waals surface area contributed by atoms with E-state index in [4.69, 9.17) is 0 Å². The second-order valence-corrected chi connectivity index (χ2v) is 3.02. The van der Waals surface area contributed by atoms with Crippen LogP contribution in [0.4, 0.5) is 0 Å². The van der Waals surface area contributed by atoms with Crippen molar-refractivity contribution in [2.75, 3.05) is 6.61 Å². The molecule has 0 heterocycles. The van der Waals surface area contributed by atoms with E-state index >= 15 is 0 Å². The number of hydrogen-bond donors (Lipinski definition) is 0. The van der Waals surface area contributed by atoms with E-state index in [1.54, 1.807) is 6.92 Å². The summed E-state index contributed by atoms with van der Waals surface area (Å²) in [5, 5.41) is 0. The Bertz CT molecular complexity index is 126. The van der Waals surface area contributed by atoms with Crippen LogP contribution in [0.15, 0.2) is 12.7 Å². The highest BCUT2D eigenvalue weighted by molar-refractivity contribution is 5.81. The summed E-state index contributed by atoms with van der Waals surface area (Å²) in [6, 6.07) is 0. The van der Waals surface area contributed by atoms with Gasteiger partial charge in [-0.2, -0.15) is 0 Å². The van der Waals surface area contributed by atoms with Crippen molar-refractivity contribution in [1.29, 1.82) is 0 Å². The molecule has 0 aliphatic heterocycles. The van der Waals surface area contributed by atoms with Crippen molar-refractivity contribution in [2.45, 2.75) is 52.9 Å². The standard InChI is InChI=1S/C7H16.C5H8O2/c1-3-5-7-6-4-2;1-3-5(6)7-4-2/h3-7H2,1-2H3;3H,1,4H2,2H3. The normalized spacial score (nSPS) is 8.50. The fourth-order valence-electron chi connectivity index (χ4n) is 0.878. The maximum atomic E-state index is 10.1. The summed E-state index contributed by atoms with van der Waals surface area (Å²) >= 11 is 0. The molecule has 0 aromatic carbocycles. The number of hydrogen-bond acceptors (Lipinski definition) is 2. The van der Waals surface area contributed by atoms with Crippen LogP contribution in [0.2, 0.25) is 0 Å². The summed E-state index contributed by atoms with van der Waals surface area (Å²) in [4.78, 5) is 10.1. The van der Waals surface area contributed by atoms with Gasteiger partial charge in [-0.05, 0) is 6.92 Å². The predicted molar refractivity (Wildman–Crippen MR) is 61.3 cm³/mol. The lowest BCUT2D eigenvalue weighted by molar-refractivity contribution is -0.137. The third-order valence-electron chi connectivity index (χ3n) is 1.66. The monoisotopic (exact) mass is 200 g/mol. The molecule has 2 heteroatoms. The van der Waals surface area contributed by atoms with Crippen LogP contribution in [-0.4, -0.2) is 12.6 Å². The van der Waals surface area contributed by atoms with Gasteiger partial charge in [0.1, 0.15) is 0 Å². The summed E-state index contributed by atoms with van der Waals surface area (Å²) in [6.45, 7) is 9.87. The van der Waals surface area contributed by atoms with Crippen molar-refractivity contribution in [3.63, 3.8) is 0 Å². The minimum Gasteiger partial charge on any atom is -0.463 e. The second kappa shape index (κ2) is 14.7. The van der Waals surface area contributed by atoms with Crippen molar-refractivity contribution < 1.29 is 9.53 Å². The van der Waals surface area contributed by atoms with Gasteiger partial charge in [-0.3, -0.25) is 0 Å². The van der Waals surface area contributed by atoms with Gasteiger partial charge in [-0.1, -0.05) is 52.5 Å². The molecule has 0 unspecified atom stereocenters. The van der Waals surface area contributed by atoms with E-state index in [1.165, 1.54) is 32.1 Å². The highest BCUT2D eigenvalue weighted by Crippen LogP contribution is 2.00. The average Bonchev–Trinajstić information content (AvgIpc) is 2.20. The van der Waals surface area contributed by atoms with Crippen molar-refractivity contribution in [1.82, 2.24) is 0 Å². The molecule has 0 aliphatic rings. The number of ether oxygens (including phenoxy) is 1. The summed E-state index contributed by atoms with van der Waals surface area (Å²) in [5.41, 5.74) is 0. The van der Waals surface area contributed by atoms with Gasteiger partial charge in [0.25, 0.3) is 0 Å². The van der Waals surface area contributed by atoms with Crippen LogP contribution in [0.5, 0.6) is 0 Å². The van der Waals surface area contributed by atoms with E-state index in [0.29, 0.717) is 6.61 Å². The van der Waals surface area contributed by atoms with Crippen molar-refractivity contribution >= 4 is 5.97 Å². The number of esters is 1. The smallest absolute Gasteiger partial charge is 0.330 e. The third-order valence-corrected chi connectivity index (χ3v) is 1.66. The van der Waals surface area contributed by atoms with Crippen molar-refractivity contribution in [3.05, 3.63) is 12.7 Å². The Labute approximate surface area is 88.3 Å². The Morgan fingerprint density at radius 1 is 1.14 bits per heavy atom. The van der Waals surface area contributed by atoms with E-state index in [1.807, 2.05) is 0 Å². The molecule has 0 saturated carbocycles. The molecule has 0 rings (SSSR count). The zero-order valence-electron chi connectivity index (χ0n) is 9.84. The third kappa shape index (κ3) is 17.3. The van der Waals surface area contributed by atoms with E-state index in [0.717, 1.165) is 6.08 Å². The van der Waals surface area contributed by atoms with Gasteiger partial charge in [0.15, 0.2) is 0 Å². The lowest BCUT2D eigenvalue weighted by Gasteiger charge is -1.90. The first kappa shape index (κ1) is 15.7. The van der Waals surface area contributed by atoms with E-state index in [9.17, 15) is 4.79 Å². The first-order valence-corrected chi connectivity index (χ1v) is 5.52. The molecule has 0 amide bonds. The quantitative estimate of drug-likeness (QED) is 0.371. The molecule has 0 saturated heterocycles. The minimum atomic E-state index is -0.359. The van der Waals surface area contributed by atoms with Gasteiger partial charge in [0, 0.05) is 6.08 Å². The molecule has 0 fully saturated rings. The SMILES string of the molecule is C=CC(=O)OCC.CCCCCCC. The largest absolute Gasteiger partial charge is 0.463 e. The summed E-state index contributed by atoms with van der Waals surface area (Å²) < 4.78 is 4.43. The molecule has 2 nitrogen and oxygen atoms in total. The summed E-state index contributed by atoms with van der Waals surface area (Å²) in [6.07, 6.45) is 8.15. The summed E-state index contributed by atoms with van der Waals surface area (Å²) in [5.74, 6) is -0.359. The molecule has 0 radical (unpaired) electrons. The predicted octanol–water partition coefficient (Wildman–Crippen LogP) is 3.71. The van der Waals surface area contributed by atoms with Gasteiger partial charge < -0.3 is 4.74 Å². The van der Waals surface area contributed by atoms with E-state index < -0.39 is 0 Å². The minimum absolute atomic E-state index is 0.359. The topological polar surface area (TPSA) is 26.3 Å². The Balaban J connectivity index is 0. The molecule has 0 spiro atoms. The molecule has 0 N–H and O–H groups in total. The first-order chi connectivity index (χ1) is 6.72. The molecule has 0 aromatic rings. The molecule has 0 aromatic heterocycles. The van der Waals surface area contributed by atoms with Crippen LogP contribution >= 0.6 is 0 Å². The van der Waals surface area contributed by atoms with Gasteiger partial charge in [0.05, 0.1) is 6.61 Å². The Morgan fingerprint density at radius 2 is 1.64 bits per heavy atom. The number of rotatable bonds is 6. The Hall–Kier alpha value is -0.790. The zero-order chi connectivity index (χ0) is 11.2. The van der Waals surface area contributed by atoms with Crippen LogP contribution in [0.25, 0.3) is 0 Å². The molecule has 0 aliphatic carbocycles. The highest BCUT2D eigenvalue weighted by atomic mass is 16.5. The Kier molecular flexibility index (Phi) is 16.5. The fraction of sp³-hybridized carbons (Fsp3) is 0.750. The van der Waals surface area contributed by atoms with Crippen molar-refractivity contribution in [3.8, 4) is 0 Å². The lowest BCUT2D eigenvalue weighted by atomic mass is 10.2. The fourth-order valence-corrected chi connectivity index (χ4v) is 0.878. The number of carbonyl (C=O) groups excluding carboxylic acids is 1. The molecule has 0 atom stereocenters. The van der Waals surface area contributed by atoms with Gasteiger partial charge >= 0.3 is 5.97 Å².